The molecule has 4 nitrogen and oxygen atoms in total. The Morgan fingerprint density at radius 1 is 1.50 bits per heavy atom. The molecule has 2 heterocycles. The molecule has 0 amide bonds. The van der Waals surface area contributed by atoms with Crippen molar-refractivity contribution in [1.29, 1.82) is 5.26 Å². The lowest BCUT2D eigenvalue weighted by atomic mass is 9.96. The van der Waals surface area contributed by atoms with E-state index in [1.165, 1.54) is 12.8 Å². The van der Waals surface area contributed by atoms with Gasteiger partial charge >= 0.3 is 0 Å². The van der Waals surface area contributed by atoms with Crippen LogP contribution in [0.5, 0.6) is 0 Å². The van der Waals surface area contributed by atoms with Crippen LogP contribution in [0.4, 0.5) is 0 Å². The third kappa shape index (κ3) is 3.28. The minimum absolute atomic E-state index is 0.565. The molecule has 2 rings (SSSR count). The van der Waals surface area contributed by atoms with Crippen LogP contribution in [0.15, 0.2) is 18.3 Å². The summed E-state index contributed by atoms with van der Waals surface area (Å²) < 4.78 is 0. The number of nitrogens with one attached hydrogen (secondary N) is 1. The first kappa shape index (κ1) is 13.0. The summed E-state index contributed by atoms with van der Waals surface area (Å²) in [5, 5.41) is 12.3. The third-order valence-electron chi connectivity index (χ3n) is 3.59. The molecular formula is C14H20N4. The van der Waals surface area contributed by atoms with Crippen LogP contribution >= 0.6 is 0 Å². The molecule has 1 aromatic rings. The second kappa shape index (κ2) is 6.48. The molecule has 1 aliphatic rings. The first-order valence-corrected chi connectivity index (χ1v) is 6.54. The number of piperidine rings is 1. The fourth-order valence-corrected chi connectivity index (χ4v) is 2.55. The first-order chi connectivity index (χ1) is 8.83. The molecule has 4 heteroatoms. The Bertz CT molecular complexity index is 416. The minimum atomic E-state index is 0.565. The molecule has 1 fully saturated rings. The lowest BCUT2D eigenvalue weighted by Crippen LogP contribution is -2.36. The van der Waals surface area contributed by atoms with Crippen molar-refractivity contribution < 1.29 is 0 Å². The molecule has 0 unspecified atom stereocenters. The number of nitriles is 1. The normalized spacial score (nSPS) is 17.6. The van der Waals surface area contributed by atoms with Gasteiger partial charge in [0, 0.05) is 18.3 Å². The zero-order valence-electron chi connectivity index (χ0n) is 10.9. The molecule has 0 bridgehead atoms. The Morgan fingerprint density at radius 3 is 2.94 bits per heavy atom. The maximum atomic E-state index is 9.02. The van der Waals surface area contributed by atoms with E-state index in [-0.39, 0.29) is 0 Å². The Hall–Kier alpha value is -1.44. The number of hydrogen-bond donors (Lipinski definition) is 1. The molecule has 0 aromatic carbocycles. The van der Waals surface area contributed by atoms with Crippen molar-refractivity contribution in [2.75, 3.05) is 26.7 Å². The predicted molar refractivity (Wildman–Crippen MR) is 70.9 cm³/mol. The van der Waals surface area contributed by atoms with E-state index in [9.17, 15) is 0 Å². The van der Waals surface area contributed by atoms with E-state index in [0.717, 1.165) is 37.7 Å². The van der Waals surface area contributed by atoms with E-state index in [0.29, 0.717) is 5.69 Å². The van der Waals surface area contributed by atoms with Gasteiger partial charge in [-0.2, -0.15) is 5.26 Å². The highest BCUT2D eigenvalue weighted by molar-refractivity contribution is 5.30. The Balaban J connectivity index is 1.90. The lowest BCUT2D eigenvalue weighted by Gasteiger charge is -2.31. The first-order valence-electron chi connectivity index (χ1n) is 6.54. The monoisotopic (exact) mass is 244 g/mol. The SMILES string of the molecule is CNCC1CCN(Cc2cccnc2C#N)CC1. The Kier molecular flexibility index (Phi) is 4.68. The van der Waals surface area contributed by atoms with Gasteiger partial charge in [-0.05, 0) is 51.5 Å². The Labute approximate surface area is 109 Å². The summed E-state index contributed by atoms with van der Waals surface area (Å²) in [4.78, 5) is 6.53. The molecule has 18 heavy (non-hydrogen) atoms. The molecular weight excluding hydrogens is 224 g/mol. The van der Waals surface area contributed by atoms with E-state index in [1.807, 2.05) is 19.2 Å². The molecule has 1 aromatic heterocycles. The molecule has 0 saturated carbocycles. The van der Waals surface area contributed by atoms with Crippen molar-refractivity contribution in [2.24, 2.45) is 5.92 Å². The number of rotatable bonds is 4. The number of pyridine rings is 1. The van der Waals surface area contributed by atoms with Crippen LogP contribution in [0.25, 0.3) is 0 Å². The van der Waals surface area contributed by atoms with Crippen LogP contribution in [0.3, 0.4) is 0 Å². The summed E-state index contributed by atoms with van der Waals surface area (Å²) in [7, 11) is 2.02. The third-order valence-corrected chi connectivity index (χ3v) is 3.59. The average molecular weight is 244 g/mol. The highest BCUT2D eigenvalue weighted by Crippen LogP contribution is 2.18. The highest BCUT2D eigenvalue weighted by Gasteiger charge is 2.19. The highest BCUT2D eigenvalue weighted by atomic mass is 15.1. The van der Waals surface area contributed by atoms with Crippen molar-refractivity contribution in [3.8, 4) is 6.07 Å². The molecule has 0 spiro atoms. The lowest BCUT2D eigenvalue weighted by molar-refractivity contribution is 0.176. The molecule has 1 aliphatic heterocycles. The van der Waals surface area contributed by atoms with E-state index in [1.54, 1.807) is 6.20 Å². The predicted octanol–water partition coefficient (Wildman–Crippen LogP) is 1.38. The van der Waals surface area contributed by atoms with Crippen LogP contribution in [-0.2, 0) is 6.54 Å². The van der Waals surface area contributed by atoms with E-state index < -0.39 is 0 Å². The maximum Gasteiger partial charge on any atom is 0.144 e. The van der Waals surface area contributed by atoms with Crippen LogP contribution in [0.2, 0.25) is 0 Å². The van der Waals surface area contributed by atoms with Crippen LogP contribution < -0.4 is 5.32 Å². The van der Waals surface area contributed by atoms with E-state index in [2.05, 4.69) is 21.3 Å². The molecule has 0 radical (unpaired) electrons. The molecule has 0 atom stereocenters. The van der Waals surface area contributed by atoms with E-state index >= 15 is 0 Å². The number of hydrogen-bond acceptors (Lipinski definition) is 4. The fourth-order valence-electron chi connectivity index (χ4n) is 2.55. The second-order valence-corrected chi connectivity index (χ2v) is 4.90. The summed E-state index contributed by atoms with van der Waals surface area (Å²) in [6, 6.07) is 6.08. The van der Waals surface area contributed by atoms with Gasteiger partial charge in [0.2, 0.25) is 0 Å². The van der Waals surface area contributed by atoms with Crippen LogP contribution in [0, 0.1) is 17.2 Å². The van der Waals surface area contributed by atoms with Gasteiger partial charge < -0.3 is 5.32 Å². The Morgan fingerprint density at radius 2 is 2.28 bits per heavy atom. The molecule has 1 saturated heterocycles. The van der Waals surface area contributed by atoms with Gasteiger partial charge in [0.15, 0.2) is 0 Å². The van der Waals surface area contributed by atoms with Crippen molar-refractivity contribution in [3.63, 3.8) is 0 Å². The zero-order chi connectivity index (χ0) is 12.8. The standard InChI is InChI=1S/C14H20N4/c1-16-10-12-4-7-18(8-5-12)11-13-3-2-6-17-14(13)9-15/h2-3,6,12,16H,4-5,7-8,10-11H2,1H3. The zero-order valence-corrected chi connectivity index (χ0v) is 10.9. The summed E-state index contributed by atoms with van der Waals surface area (Å²) >= 11 is 0. The number of nitrogens with zero attached hydrogens (tertiary/aromatic N) is 3. The van der Waals surface area contributed by atoms with Gasteiger partial charge in [-0.1, -0.05) is 6.07 Å². The summed E-state index contributed by atoms with van der Waals surface area (Å²) in [5.41, 5.74) is 1.61. The molecule has 1 N–H and O–H groups in total. The average Bonchev–Trinajstić information content (AvgIpc) is 2.42. The largest absolute Gasteiger partial charge is 0.319 e. The van der Waals surface area contributed by atoms with Crippen molar-refractivity contribution in [1.82, 2.24) is 15.2 Å². The van der Waals surface area contributed by atoms with Crippen LogP contribution in [0.1, 0.15) is 24.1 Å². The van der Waals surface area contributed by atoms with Crippen LogP contribution in [-0.4, -0.2) is 36.6 Å². The summed E-state index contributed by atoms with van der Waals surface area (Å²) in [5.74, 6) is 0.801. The number of aromatic nitrogens is 1. The van der Waals surface area contributed by atoms with Gasteiger partial charge in [0.1, 0.15) is 11.8 Å². The fraction of sp³-hybridized carbons (Fsp3) is 0.571. The van der Waals surface area contributed by atoms with Gasteiger partial charge in [-0.3, -0.25) is 4.90 Å². The second-order valence-electron chi connectivity index (χ2n) is 4.90. The van der Waals surface area contributed by atoms with Crippen molar-refractivity contribution >= 4 is 0 Å². The molecule has 96 valence electrons. The van der Waals surface area contributed by atoms with Gasteiger partial charge in [0.25, 0.3) is 0 Å². The minimum Gasteiger partial charge on any atom is -0.319 e. The summed E-state index contributed by atoms with van der Waals surface area (Å²) in [6.07, 6.45) is 4.16. The number of likely N-dealkylation sites (tertiary alicyclic amines) is 1. The van der Waals surface area contributed by atoms with Crippen molar-refractivity contribution in [2.45, 2.75) is 19.4 Å². The maximum absolute atomic E-state index is 9.02. The van der Waals surface area contributed by atoms with Crippen molar-refractivity contribution in [3.05, 3.63) is 29.6 Å². The smallest absolute Gasteiger partial charge is 0.144 e. The molecule has 0 aliphatic carbocycles. The topological polar surface area (TPSA) is 52.0 Å². The van der Waals surface area contributed by atoms with Gasteiger partial charge in [0.05, 0.1) is 0 Å². The van der Waals surface area contributed by atoms with E-state index in [4.69, 9.17) is 5.26 Å². The van der Waals surface area contributed by atoms with Gasteiger partial charge in [-0.25, -0.2) is 4.98 Å². The van der Waals surface area contributed by atoms with Gasteiger partial charge in [-0.15, -0.1) is 0 Å². The summed E-state index contributed by atoms with van der Waals surface area (Å²) in [6.45, 7) is 4.20. The quantitative estimate of drug-likeness (QED) is 0.869.